The van der Waals surface area contributed by atoms with Gasteiger partial charge in [-0.25, -0.2) is 13.4 Å². The number of aromatic nitrogens is 1. The number of anilines is 2. The smallest absolute Gasteiger partial charge is 0.265 e. The predicted molar refractivity (Wildman–Crippen MR) is 133 cm³/mol. The first-order valence-electron chi connectivity index (χ1n) is 11.3. The van der Waals surface area contributed by atoms with Gasteiger partial charge in [0, 0.05) is 36.1 Å². The van der Waals surface area contributed by atoms with Gasteiger partial charge < -0.3 is 9.64 Å². The van der Waals surface area contributed by atoms with E-state index < -0.39 is 10.0 Å². The molecule has 2 amide bonds. The summed E-state index contributed by atoms with van der Waals surface area (Å²) in [5, 5.41) is 5.01. The molecule has 182 valence electrons. The van der Waals surface area contributed by atoms with Crippen LogP contribution in [0.1, 0.15) is 30.1 Å². The maximum Gasteiger partial charge on any atom is 0.265 e. The van der Waals surface area contributed by atoms with Crippen molar-refractivity contribution in [2.45, 2.75) is 24.7 Å². The number of carbonyl (C=O) groups is 2. The first-order chi connectivity index (χ1) is 16.9. The van der Waals surface area contributed by atoms with Crippen LogP contribution in [-0.2, 0) is 14.8 Å². The van der Waals surface area contributed by atoms with Gasteiger partial charge in [0.15, 0.2) is 11.7 Å². The van der Waals surface area contributed by atoms with Gasteiger partial charge in [-0.05, 0) is 62.2 Å². The minimum absolute atomic E-state index is 0.0260. The van der Waals surface area contributed by atoms with E-state index in [2.05, 4.69) is 10.3 Å². The van der Waals surface area contributed by atoms with E-state index in [4.69, 9.17) is 4.74 Å². The standard InChI is InChI=1S/C24H24N4O5S2/c1-2-28-20-13-17(7-10-21(20)33-14-22(28)29)19-15-34-24(25-19)26-23(30)16-5-8-18(9-6-16)35(31,32)27-11-3-4-12-27/h5-10,13,15H,2-4,11-12,14H2,1H3,(H,25,26,30). The van der Waals surface area contributed by atoms with E-state index in [9.17, 15) is 18.0 Å². The Hall–Kier alpha value is -3.28. The van der Waals surface area contributed by atoms with Gasteiger partial charge in [-0.3, -0.25) is 14.9 Å². The van der Waals surface area contributed by atoms with Crippen molar-refractivity contribution in [1.29, 1.82) is 0 Å². The molecule has 1 saturated heterocycles. The summed E-state index contributed by atoms with van der Waals surface area (Å²) < 4.78 is 32.3. The highest BCUT2D eigenvalue weighted by Crippen LogP contribution is 2.36. The molecule has 35 heavy (non-hydrogen) atoms. The lowest BCUT2D eigenvalue weighted by Gasteiger charge is -2.28. The number of sulfonamides is 1. The summed E-state index contributed by atoms with van der Waals surface area (Å²) in [6.07, 6.45) is 1.73. The molecular formula is C24H24N4O5S2. The zero-order valence-electron chi connectivity index (χ0n) is 19.1. The lowest BCUT2D eigenvalue weighted by molar-refractivity contribution is -0.121. The van der Waals surface area contributed by atoms with Gasteiger partial charge in [0.2, 0.25) is 10.0 Å². The third kappa shape index (κ3) is 4.54. The molecule has 0 atom stereocenters. The third-order valence-electron chi connectivity index (χ3n) is 6.06. The number of hydrogen-bond acceptors (Lipinski definition) is 7. The summed E-state index contributed by atoms with van der Waals surface area (Å²) in [6.45, 7) is 3.53. The Bertz CT molecular complexity index is 1380. The second-order valence-corrected chi connectivity index (χ2v) is 11.0. The highest BCUT2D eigenvalue weighted by molar-refractivity contribution is 7.89. The Morgan fingerprint density at radius 2 is 1.89 bits per heavy atom. The third-order valence-corrected chi connectivity index (χ3v) is 8.73. The zero-order valence-corrected chi connectivity index (χ0v) is 20.7. The van der Waals surface area contributed by atoms with Crippen LogP contribution in [0.5, 0.6) is 5.75 Å². The summed E-state index contributed by atoms with van der Waals surface area (Å²) in [4.78, 5) is 31.2. The molecule has 9 nitrogen and oxygen atoms in total. The molecule has 0 bridgehead atoms. The monoisotopic (exact) mass is 512 g/mol. The van der Waals surface area contributed by atoms with Crippen molar-refractivity contribution in [3.8, 4) is 17.0 Å². The molecular weight excluding hydrogens is 488 g/mol. The maximum atomic E-state index is 12.7. The number of likely N-dealkylation sites (N-methyl/N-ethyl adjacent to an activating group) is 1. The number of benzene rings is 2. The van der Waals surface area contributed by atoms with Gasteiger partial charge in [-0.2, -0.15) is 4.31 Å². The molecule has 0 spiro atoms. The topological polar surface area (TPSA) is 109 Å². The zero-order chi connectivity index (χ0) is 24.6. The van der Waals surface area contributed by atoms with Crippen molar-refractivity contribution >= 4 is 44.0 Å². The van der Waals surface area contributed by atoms with Gasteiger partial charge in [-0.1, -0.05) is 0 Å². The summed E-state index contributed by atoms with van der Waals surface area (Å²) >= 11 is 1.28. The van der Waals surface area contributed by atoms with E-state index in [1.807, 2.05) is 30.5 Å². The summed E-state index contributed by atoms with van der Waals surface area (Å²) in [7, 11) is -3.53. The van der Waals surface area contributed by atoms with Crippen LogP contribution in [0.4, 0.5) is 10.8 Å². The average molecular weight is 513 g/mol. The number of hydrogen-bond donors (Lipinski definition) is 1. The highest BCUT2D eigenvalue weighted by atomic mass is 32.2. The molecule has 2 aliphatic heterocycles. The van der Waals surface area contributed by atoms with Gasteiger partial charge in [0.1, 0.15) is 5.75 Å². The maximum absolute atomic E-state index is 12.7. The second-order valence-electron chi connectivity index (χ2n) is 8.24. The van der Waals surface area contributed by atoms with Crippen LogP contribution in [0.2, 0.25) is 0 Å². The van der Waals surface area contributed by atoms with Crippen LogP contribution >= 0.6 is 11.3 Å². The van der Waals surface area contributed by atoms with E-state index in [0.29, 0.717) is 47.5 Å². The van der Waals surface area contributed by atoms with Crippen LogP contribution in [0.15, 0.2) is 52.7 Å². The number of nitrogens with zero attached hydrogens (tertiary/aromatic N) is 3. The van der Waals surface area contributed by atoms with E-state index in [1.54, 1.807) is 4.90 Å². The molecule has 2 aromatic carbocycles. The highest BCUT2D eigenvalue weighted by Gasteiger charge is 2.27. The first kappa shape index (κ1) is 23.5. The van der Waals surface area contributed by atoms with Gasteiger partial charge >= 0.3 is 0 Å². The van der Waals surface area contributed by atoms with Crippen LogP contribution in [0.25, 0.3) is 11.3 Å². The van der Waals surface area contributed by atoms with Crippen LogP contribution in [0, 0.1) is 0 Å². The quantitative estimate of drug-likeness (QED) is 0.541. The minimum atomic E-state index is -3.53. The molecule has 1 N–H and O–H groups in total. The van der Waals surface area contributed by atoms with E-state index in [0.717, 1.165) is 18.4 Å². The molecule has 3 aromatic rings. The van der Waals surface area contributed by atoms with Crippen molar-refractivity contribution in [3.05, 3.63) is 53.4 Å². The normalized spacial score (nSPS) is 16.1. The van der Waals surface area contributed by atoms with Crippen molar-refractivity contribution in [3.63, 3.8) is 0 Å². The predicted octanol–water partition coefficient (Wildman–Crippen LogP) is 3.59. The second kappa shape index (κ2) is 9.40. The molecule has 1 fully saturated rings. The Balaban J connectivity index is 1.30. The fraction of sp³-hybridized carbons (Fsp3) is 0.292. The number of rotatable bonds is 6. The number of nitrogens with one attached hydrogen (secondary N) is 1. The fourth-order valence-corrected chi connectivity index (χ4v) is 6.43. The van der Waals surface area contributed by atoms with Gasteiger partial charge in [-0.15, -0.1) is 11.3 Å². The number of amides is 2. The Labute approximate surface area is 207 Å². The number of thiazole rings is 1. The van der Waals surface area contributed by atoms with E-state index in [-0.39, 0.29) is 23.3 Å². The fourth-order valence-electron chi connectivity index (χ4n) is 4.20. The first-order valence-corrected chi connectivity index (χ1v) is 13.6. The van der Waals surface area contributed by atoms with Crippen LogP contribution in [-0.4, -0.2) is 55.8 Å². The minimum Gasteiger partial charge on any atom is -0.482 e. The number of ether oxygens (including phenoxy) is 1. The molecule has 11 heteroatoms. The SMILES string of the molecule is CCN1C(=O)COc2ccc(-c3csc(NC(=O)c4ccc(S(=O)(=O)N5CCCC5)cc4)n3)cc21. The average Bonchev–Trinajstić information content (AvgIpc) is 3.57. The van der Waals surface area contributed by atoms with Crippen molar-refractivity contribution in [1.82, 2.24) is 9.29 Å². The summed E-state index contributed by atoms with van der Waals surface area (Å²) in [5.74, 6) is 0.175. The molecule has 0 saturated carbocycles. The lowest BCUT2D eigenvalue weighted by atomic mass is 10.1. The van der Waals surface area contributed by atoms with Crippen LogP contribution < -0.4 is 15.0 Å². The lowest BCUT2D eigenvalue weighted by Crippen LogP contribution is -2.38. The van der Waals surface area contributed by atoms with Gasteiger partial charge in [0.05, 0.1) is 16.3 Å². The van der Waals surface area contributed by atoms with Crippen molar-refractivity contribution < 1.29 is 22.7 Å². The molecule has 0 radical (unpaired) electrons. The molecule has 5 rings (SSSR count). The Morgan fingerprint density at radius 1 is 1.14 bits per heavy atom. The van der Waals surface area contributed by atoms with E-state index in [1.165, 1.54) is 39.9 Å². The molecule has 2 aliphatic rings. The molecule has 0 aliphatic carbocycles. The molecule has 3 heterocycles. The van der Waals surface area contributed by atoms with Crippen LogP contribution in [0.3, 0.4) is 0 Å². The molecule has 0 unspecified atom stereocenters. The van der Waals surface area contributed by atoms with Crippen molar-refractivity contribution in [2.24, 2.45) is 0 Å². The summed E-state index contributed by atoms with van der Waals surface area (Å²) in [5.41, 5.74) is 2.50. The number of carbonyl (C=O) groups excluding carboxylic acids is 2. The summed E-state index contributed by atoms with van der Waals surface area (Å²) in [6, 6.07) is 11.5. The Morgan fingerprint density at radius 3 is 2.60 bits per heavy atom. The van der Waals surface area contributed by atoms with Crippen molar-refractivity contribution in [2.75, 3.05) is 36.5 Å². The van der Waals surface area contributed by atoms with Gasteiger partial charge in [0.25, 0.3) is 11.8 Å². The number of fused-ring (bicyclic) bond motifs is 1. The Kier molecular flexibility index (Phi) is 6.30. The van der Waals surface area contributed by atoms with E-state index >= 15 is 0 Å². The molecule has 1 aromatic heterocycles. The largest absolute Gasteiger partial charge is 0.482 e.